The van der Waals surface area contributed by atoms with Gasteiger partial charge in [0, 0.05) is 13.2 Å². The lowest BCUT2D eigenvalue weighted by molar-refractivity contribution is -0.150. The zero-order valence-electron chi connectivity index (χ0n) is 8.25. The van der Waals surface area contributed by atoms with Crippen molar-refractivity contribution in [3.63, 3.8) is 0 Å². The van der Waals surface area contributed by atoms with E-state index in [1.54, 1.807) is 7.05 Å². The minimum absolute atomic E-state index is 0.0463. The molecular formula is C8H9N3O5. The maximum absolute atomic E-state index is 11.4. The Kier molecular flexibility index (Phi) is 3.24. The second-order valence-electron chi connectivity index (χ2n) is 2.96. The van der Waals surface area contributed by atoms with E-state index >= 15 is 0 Å². The molecule has 1 aromatic heterocycles. The van der Waals surface area contributed by atoms with Crippen molar-refractivity contribution in [2.45, 2.75) is 6.04 Å². The van der Waals surface area contributed by atoms with Crippen LogP contribution in [0.1, 0.15) is 10.5 Å². The number of rotatable bonds is 4. The number of hydrogen-bond donors (Lipinski definition) is 3. The van der Waals surface area contributed by atoms with Gasteiger partial charge in [-0.05, 0) is 6.07 Å². The lowest BCUT2D eigenvalue weighted by Crippen LogP contribution is -2.46. The highest BCUT2D eigenvalue weighted by atomic mass is 16.4. The first kappa shape index (κ1) is 11.7. The standard InChI is InChI=1S/C8H9N3O5/c1-11-3-2-4(10-11)6(12)9-5(7(13)14)8(15)16/h2-3,5H,1H3,(H,9,12)(H,13,14)(H,15,16). The number of carbonyl (C=O) groups is 3. The Morgan fingerprint density at radius 3 is 2.31 bits per heavy atom. The maximum atomic E-state index is 11.4. The molecule has 16 heavy (non-hydrogen) atoms. The second kappa shape index (κ2) is 4.43. The Balaban J connectivity index is 2.77. The minimum atomic E-state index is -1.98. The summed E-state index contributed by atoms with van der Waals surface area (Å²) >= 11 is 0. The number of aromatic nitrogens is 2. The first-order valence-electron chi connectivity index (χ1n) is 4.18. The molecule has 0 radical (unpaired) electrons. The van der Waals surface area contributed by atoms with Gasteiger partial charge in [-0.2, -0.15) is 5.10 Å². The summed E-state index contributed by atoms with van der Waals surface area (Å²) in [6.07, 6.45) is 1.48. The Morgan fingerprint density at radius 2 is 1.94 bits per heavy atom. The van der Waals surface area contributed by atoms with Gasteiger partial charge in [-0.1, -0.05) is 0 Å². The number of nitrogens with one attached hydrogen (secondary N) is 1. The van der Waals surface area contributed by atoms with Crippen molar-refractivity contribution in [3.8, 4) is 0 Å². The molecule has 1 aromatic rings. The highest BCUT2D eigenvalue weighted by Crippen LogP contribution is 1.95. The third-order valence-electron chi connectivity index (χ3n) is 1.72. The number of carboxylic acids is 2. The number of amides is 1. The van der Waals surface area contributed by atoms with Crippen LogP contribution in [0.5, 0.6) is 0 Å². The van der Waals surface area contributed by atoms with Gasteiger partial charge < -0.3 is 15.5 Å². The topological polar surface area (TPSA) is 122 Å². The fourth-order valence-electron chi connectivity index (χ4n) is 0.970. The minimum Gasteiger partial charge on any atom is -0.479 e. The molecule has 86 valence electrons. The molecule has 0 saturated heterocycles. The Hall–Kier alpha value is -2.38. The van der Waals surface area contributed by atoms with Gasteiger partial charge in [0.2, 0.25) is 6.04 Å². The fraction of sp³-hybridized carbons (Fsp3) is 0.250. The van der Waals surface area contributed by atoms with Crippen LogP contribution in [-0.4, -0.2) is 43.9 Å². The molecule has 0 bridgehead atoms. The first-order valence-corrected chi connectivity index (χ1v) is 4.18. The molecule has 0 aromatic carbocycles. The zero-order chi connectivity index (χ0) is 12.3. The maximum Gasteiger partial charge on any atom is 0.338 e. The molecule has 8 nitrogen and oxygen atoms in total. The number of aliphatic carboxylic acids is 2. The van der Waals surface area contributed by atoms with Gasteiger partial charge in [-0.15, -0.1) is 0 Å². The summed E-state index contributed by atoms with van der Waals surface area (Å²) in [6.45, 7) is 0. The number of nitrogens with zero attached hydrogens (tertiary/aromatic N) is 2. The number of hydrogen-bond acceptors (Lipinski definition) is 4. The quantitative estimate of drug-likeness (QED) is 0.549. The summed E-state index contributed by atoms with van der Waals surface area (Å²) in [5.74, 6) is -4.14. The van der Waals surface area contributed by atoms with Crippen molar-refractivity contribution in [3.05, 3.63) is 18.0 Å². The molecule has 0 fully saturated rings. The van der Waals surface area contributed by atoms with Crippen molar-refractivity contribution in [1.29, 1.82) is 0 Å². The predicted molar refractivity (Wildman–Crippen MR) is 49.7 cm³/mol. The summed E-state index contributed by atoms with van der Waals surface area (Å²) in [5.41, 5.74) is -0.0463. The van der Waals surface area contributed by atoms with E-state index in [1.807, 2.05) is 5.32 Å². The Bertz CT molecular complexity index is 425. The van der Waals surface area contributed by atoms with E-state index in [0.29, 0.717) is 0 Å². The molecule has 1 heterocycles. The molecule has 0 unspecified atom stereocenters. The van der Waals surface area contributed by atoms with Crippen LogP contribution in [0.25, 0.3) is 0 Å². The van der Waals surface area contributed by atoms with Crippen LogP contribution >= 0.6 is 0 Å². The summed E-state index contributed by atoms with van der Waals surface area (Å²) in [4.78, 5) is 32.3. The normalized spacial score (nSPS) is 10.1. The van der Waals surface area contributed by atoms with Crippen molar-refractivity contribution in [2.75, 3.05) is 0 Å². The highest BCUT2D eigenvalue weighted by Gasteiger charge is 2.28. The van der Waals surface area contributed by atoms with Crippen LogP contribution in [0.15, 0.2) is 12.3 Å². The molecule has 0 atom stereocenters. The average molecular weight is 227 g/mol. The van der Waals surface area contributed by atoms with Crippen molar-refractivity contribution < 1.29 is 24.6 Å². The Morgan fingerprint density at radius 1 is 1.38 bits per heavy atom. The summed E-state index contributed by atoms with van der Waals surface area (Å²) in [7, 11) is 1.57. The van der Waals surface area contributed by atoms with Crippen molar-refractivity contribution in [2.24, 2.45) is 7.05 Å². The molecule has 8 heteroatoms. The first-order chi connectivity index (χ1) is 7.41. The zero-order valence-corrected chi connectivity index (χ0v) is 8.25. The predicted octanol–water partition coefficient (Wildman–Crippen LogP) is -1.31. The number of carboxylic acid groups (broad SMARTS) is 2. The van der Waals surface area contributed by atoms with E-state index in [9.17, 15) is 14.4 Å². The second-order valence-corrected chi connectivity index (χ2v) is 2.96. The van der Waals surface area contributed by atoms with E-state index in [4.69, 9.17) is 10.2 Å². The summed E-state index contributed by atoms with van der Waals surface area (Å²) in [6, 6.07) is -0.634. The van der Waals surface area contributed by atoms with Gasteiger partial charge in [-0.3, -0.25) is 9.48 Å². The molecule has 1 rings (SSSR count). The summed E-state index contributed by atoms with van der Waals surface area (Å²) < 4.78 is 1.34. The highest BCUT2D eigenvalue weighted by molar-refractivity contribution is 6.03. The number of carbonyl (C=O) groups excluding carboxylic acids is 1. The van der Waals surface area contributed by atoms with E-state index in [0.717, 1.165) is 0 Å². The smallest absolute Gasteiger partial charge is 0.338 e. The SMILES string of the molecule is Cn1ccc(C(=O)NC(C(=O)O)C(=O)O)n1. The van der Waals surface area contributed by atoms with Crippen molar-refractivity contribution >= 4 is 17.8 Å². The van der Waals surface area contributed by atoms with Gasteiger partial charge in [0.25, 0.3) is 5.91 Å². The lowest BCUT2D eigenvalue weighted by atomic mass is 10.3. The third kappa shape index (κ3) is 2.56. The molecule has 0 aliphatic rings. The van der Waals surface area contributed by atoms with Gasteiger partial charge in [0.1, 0.15) is 5.69 Å². The number of aryl methyl sites for hydroxylation is 1. The van der Waals surface area contributed by atoms with Crippen LogP contribution in [0.2, 0.25) is 0 Å². The monoisotopic (exact) mass is 227 g/mol. The third-order valence-corrected chi connectivity index (χ3v) is 1.72. The lowest BCUT2D eigenvalue weighted by Gasteiger charge is -2.08. The van der Waals surface area contributed by atoms with E-state index in [-0.39, 0.29) is 5.69 Å². The molecular weight excluding hydrogens is 218 g/mol. The van der Waals surface area contributed by atoms with E-state index < -0.39 is 23.9 Å². The van der Waals surface area contributed by atoms with Crippen LogP contribution in [-0.2, 0) is 16.6 Å². The van der Waals surface area contributed by atoms with Gasteiger partial charge in [0.15, 0.2) is 0 Å². The van der Waals surface area contributed by atoms with Crippen molar-refractivity contribution in [1.82, 2.24) is 15.1 Å². The molecule has 0 aliphatic heterocycles. The average Bonchev–Trinajstić information content (AvgIpc) is 2.59. The largest absolute Gasteiger partial charge is 0.479 e. The van der Waals surface area contributed by atoms with Gasteiger partial charge in [-0.25, -0.2) is 9.59 Å². The van der Waals surface area contributed by atoms with Crippen LogP contribution in [0.4, 0.5) is 0 Å². The molecule has 3 N–H and O–H groups in total. The van der Waals surface area contributed by atoms with Crippen LogP contribution < -0.4 is 5.32 Å². The van der Waals surface area contributed by atoms with Gasteiger partial charge in [0.05, 0.1) is 0 Å². The molecule has 1 amide bonds. The van der Waals surface area contributed by atoms with E-state index in [1.165, 1.54) is 16.9 Å². The molecule has 0 saturated carbocycles. The van der Waals surface area contributed by atoms with Crippen LogP contribution in [0, 0.1) is 0 Å². The van der Waals surface area contributed by atoms with Crippen LogP contribution in [0.3, 0.4) is 0 Å². The summed E-state index contributed by atoms with van der Waals surface area (Å²) in [5, 5.41) is 22.6. The van der Waals surface area contributed by atoms with E-state index in [2.05, 4.69) is 5.10 Å². The Labute approximate surface area is 89.5 Å². The fourth-order valence-corrected chi connectivity index (χ4v) is 0.970. The molecule has 0 spiro atoms. The molecule has 0 aliphatic carbocycles. The van der Waals surface area contributed by atoms with Gasteiger partial charge >= 0.3 is 11.9 Å².